The molecule has 0 saturated heterocycles. The van der Waals surface area contributed by atoms with Gasteiger partial charge >= 0.3 is 0 Å². The number of nitrogens with zero attached hydrogens (tertiary/aromatic N) is 1. The smallest absolute Gasteiger partial charge is 0.246 e. The van der Waals surface area contributed by atoms with Gasteiger partial charge in [-0.25, -0.2) is 17.2 Å². The molecule has 1 aromatic carbocycles. The van der Waals surface area contributed by atoms with Crippen LogP contribution in [0.15, 0.2) is 23.1 Å². The van der Waals surface area contributed by atoms with Gasteiger partial charge in [0.1, 0.15) is 16.5 Å². The van der Waals surface area contributed by atoms with Crippen LogP contribution in [0.3, 0.4) is 0 Å². The van der Waals surface area contributed by atoms with Crippen LogP contribution in [0.4, 0.5) is 8.78 Å². The molecule has 0 spiro atoms. The molecule has 1 aromatic rings. The summed E-state index contributed by atoms with van der Waals surface area (Å²) in [6, 6.07) is 2.38. The SMILES string of the molecule is CCN(C(C)(CC)CN)S(=O)(=O)c1cc(F)ccc1F. The predicted molar refractivity (Wildman–Crippen MR) is 73.7 cm³/mol. The molecule has 0 aliphatic heterocycles. The summed E-state index contributed by atoms with van der Waals surface area (Å²) in [5.74, 6) is -1.77. The average molecular weight is 306 g/mol. The van der Waals surface area contributed by atoms with E-state index < -0.39 is 32.1 Å². The number of likely N-dealkylation sites (N-methyl/N-ethyl adjacent to an activating group) is 1. The minimum absolute atomic E-state index is 0.0908. The molecular weight excluding hydrogens is 286 g/mol. The maximum Gasteiger partial charge on any atom is 0.246 e. The zero-order chi connectivity index (χ0) is 15.6. The van der Waals surface area contributed by atoms with Crippen LogP contribution in [0.1, 0.15) is 27.2 Å². The first-order chi connectivity index (χ1) is 9.22. The molecule has 4 nitrogen and oxygen atoms in total. The van der Waals surface area contributed by atoms with Crippen molar-refractivity contribution in [1.29, 1.82) is 0 Å². The fourth-order valence-corrected chi connectivity index (χ4v) is 4.00. The summed E-state index contributed by atoms with van der Waals surface area (Å²) < 4.78 is 53.2. The number of nitrogens with two attached hydrogens (primary N) is 1. The zero-order valence-electron chi connectivity index (χ0n) is 11.9. The Hall–Kier alpha value is -1.05. The van der Waals surface area contributed by atoms with E-state index in [0.29, 0.717) is 12.5 Å². The molecule has 0 heterocycles. The van der Waals surface area contributed by atoms with E-state index in [4.69, 9.17) is 5.73 Å². The normalized spacial score (nSPS) is 15.3. The highest BCUT2D eigenvalue weighted by molar-refractivity contribution is 7.89. The summed E-state index contributed by atoms with van der Waals surface area (Å²) in [6.45, 7) is 5.34. The molecule has 1 atom stereocenters. The first kappa shape index (κ1) is 17.0. The Kier molecular flexibility index (Phi) is 5.23. The third-order valence-corrected chi connectivity index (χ3v) is 5.70. The van der Waals surface area contributed by atoms with Crippen molar-refractivity contribution in [2.75, 3.05) is 13.1 Å². The summed E-state index contributed by atoms with van der Waals surface area (Å²) in [4.78, 5) is -0.660. The first-order valence-corrected chi connectivity index (χ1v) is 7.85. The molecule has 0 bridgehead atoms. The van der Waals surface area contributed by atoms with Crippen LogP contribution in [-0.2, 0) is 10.0 Å². The zero-order valence-corrected chi connectivity index (χ0v) is 12.7. The minimum atomic E-state index is -4.15. The highest BCUT2D eigenvalue weighted by atomic mass is 32.2. The molecule has 114 valence electrons. The molecule has 1 unspecified atom stereocenters. The van der Waals surface area contributed by atoms with E-state index in [9.17, 15) is 17.2 Å². The molecule has 0 aromatic heterocycles. The summed E-state index contributed by atoms with van der Waals surface area (Å²) >= 11 is 0. The monoisotopic (exact) mass is 306 g/mol. The van der Waals surface area contributed by atoms with E-state index in [1.807, 2.05) is 0 Å². The maximum absolute atomic E-state index is 13.8. The van der Waals surface area contributed by atoms with Gasteiger partial charge in [0.25, 0.3) is 0 Å². The number of sulfonamides is 1. The predicted octanol–water partition coefficient (Wildman–Crippen LogP) is 2.10. The fraction of sp³-hybridized carbons (Fsp3) is 0.538. The number of rotatable bonds is 6. The van der Waals surface area contributed by atoms with E-state index in [0.717, 1.165) is 16.4 Å². The van der Waals surface area contributed by atoms with Gasteiger partial charge in [-0.05, 0) is 31.5 Å². The van der Waals surface area contributed by atoms with Gasteiger partial charge in [0, 0.05) is 18.6 Å². The number of hydrogen-bond donors (Lipinski definition) is 1. The van der Waals surface area contributed by atoms with Crippen LogP contribution < -0.4 is 5.73 Å². The second kappa shape index (κ2) is 6.15. The Labute approximate surface area is 118 Å². The number of hydrogen-bond acceptors (Lipinski definition) is 3. The molecule has 0 fully saturated rings. The van der Waals surface area contributed by atoms with Gasteiger partial charge < -0.3 is 5.73 Å². The van der Waals surface area contributed by atoms with Crippen LogP contribution in [0, 0.1) is 11.6 Å². The van der Waals surface area contributed by atoms with E-state index >= 15 is 0 Å². The van der Waals surface area contributed by atoms with Crippen molar-refractivity contribution in [2.24, 2.45) is 5.73 Å². The van der Waals surface area contributed by atoms with E-state index in [2.05, 4.69) is 0 Å². The number of halogens is 2. The molecule has 0 aliphatic carbocycles. The van der Waals surface area contributed by atoms with Crippen molar-refractivity contribution in [2.45, 2.75) is 37.6 Å². The molecule has 0 saturated carbocycles. The van der Waals surface area contributed by atoms with Crippen LogP contribution in [0.5, 0.6) is 0 Å². The lowest BCUT2D eigenvalue weighted by molar-refractivity contribution is 0.213. The minimum Gasteiger partial charge on any atom is -0.329 e. The van der Waals surface area contributed by atoms with Gasteiger partial charge in [-0.2, -0.15) is 4.31 Å². The molecule has 2 N–H and O–H groups in total. The highest BCUT2D eigenvalue weighted by Crippen LogP contribution is 2.28. The summed E-state index contributed by atoms with van der Waals surface area (Å²) in [6.07, 6.45) is 0.466. The van der Waals surface area contributed by atoms with Crippen molar-refractivity contribution in [1.82, 2.24) is 4.31 Å². The second-order valence-corrected chi connectivity index (χ2v) is 6.63. The average Bonchev–Trinajstić information content (AvgIpc) is 2.41. The van der Waals surface area contributed by atoms with E-state index in [1.54, 1.807) is 20.8 Å². The Bertz CT molecular complexity index is 572. The van der Waals surface area contributed by atoms with Crippen LogP contribution in [0.25, 0.3) is 0 Å². The van der Waals surface area contributed by atoms with E-state index in [1.165, 1.54) is 0 Å². The van der Waals surface area contributed by atoms with Crippen molar-refractivity contribution in [3.05, 3.63) is 29.8 Å². The Morgan fingerprint density at radius 1 is 1.30 bits per heavy atom. The van der Waals surface area contributed by atoms with Gasteiger partial charge in [0.2, 0.25) is 10.0 Å². The van der Waals surface area contributed by atoms with Crippen molar-refractivity contribution in [3.8, 4) is 0 Å². The lowest BCUT2D eigenvalue weighted by atomic mass is 9.99. The van der Waals surface area contributed by atoms with E-state index in [-0.39, 0.29) is 13.1 Å². The Balaban J connectivity index is 3.43. The standard InChI is InChI=1S/C13H20F2N2O2S/c1-4-13(3,9-16)17(5-2)20(18,19)12-8-10(14)6-7-11(12)15/h6-8H,4-5,9,16H2,1-3H3. The summed E-state index contributed by atoms with van der Waals surface area (Å²) in [7, 11) is -4.15. The maximum atomic E-state index is 13.8. The van der Waals surface area contributed by atoms with Crippen LogP contribution in [-0.4, -0.2) is 31.4 Å². The topological polar surface area (TPSA) is 63.4 Å². The van der Waals surface area contributed by atoms with Gasteiger partial charge in [0.15, 0.2) is 0 Å². The Morgan fingerprint density at radius 2 is 1.90 bits per heavy atom. The number of benzene rings is 1. The largest absolute Gasteiger partial charge is 0.329 e. The summed E-state index contributed by atoms with van der Waals surface area (Å²) in [5.41, 5.74) is 4.82. The van der Waals surface area contributed by atoms with Gasteiger partial charge in [-0.1, -0.05) is 13.8 Å². The fourth-order valence-electron chi connectivity index (χ4n) is 2.06. The molecule has 7 heteroatoms. The van der Waals surface area contributed by atoms with Gasteiger partial charge in [-0.15, -0.1) is 0 Å². The quantitative estimate of drug-likeness (QED) is 0.875. The molecular formula is C13H20F2N2O2S. The lowest BCUT2D eigenvalue weighted by Crippen LogP contribution is -2.53. The highest BCUT2D eigenvalue weighted by Gasteiger charge is 2.38. The van der Waals surface area contributed by atoms with Gasteiger partial charge in [-0.3, -0.25) is 0 Å². The molecule has 0 radical (unpaired) electrons. The second-order valence-electron chi connectivity index (χ2n) is 4.80. The van der Waals surface area contributed by atoms with Crippen molar-refractivity contribution >= 4 is 10.0 Å². The third-order valence-electron chi connectivity index (χ3n) is 3.55. The third kappa shape index (κ3) is 2.99. The molecule has 1 rings (SSSR count). The van der Waals surface area contributed by atoms with Crippen LogP contribution >= 0.6 is 0 Å². The molecule has 0 amide bonds. The van der Waals surface area contributed by atoms with Gasteiger partial charge in [0.05, 0.1) is 0 Å². The first-order valence-electron chi connectivity index (χ1n) is 6.41. The summed E-state index contributed by atoms with van der Waals surface area (Å²) in [5, 5.41) is 0. The van der Waals surface area contributed by atoms with Crippen molar-refractivity contribution < 1.29 is 17.2 Å². The van der Waals surface area contributed by atoms with Crippen molar-refractivity contribution in [3.63, 3.8) is 0 Å². The molecule has 0 aliphatic rings. The van der Waals surface area contributed by atoms with Crippen LogP contribution in [0.2, 0.25) is 0 Å². The molecule has 20 heavy (non-hydrogen) atoms. The lowest BCUT2D eigenvalue weighted by Gasteiger charge is -2.38. The Morgan fingerprint density at radius 3 is 2.35 bits per heavy atom.